The van der Waals surface area contributed by atoms with Gasteiger partial charge in [0.2, 0.25) is 23.6 Å². The second kappa shape index (κ2) is 19.8. The molecule has 10 N–H and O–H groups in total. The van der Waals surface area contributed by atoms with Crippen molar-refractivity contribution in [3.8, 4) is 0 Å². The fourth-order valence-corrected chi connectivity index (χ4v) is 5.96. The molecular formula is C37H45N11O12. The van der Waals surface area contributed by atoms with Crippen molar-refractivity contribution in [1.82, 2.24) is 46.1 Å². The van der Waals surface area contributed by atoms with Gasteiger partial charge in [-0.15, -0.1) is 0 Å². The molecule has 2 aromatic heterocycles. The Morgan fingerprint density at radius 3 is 2.28 bits per heavy atom. The van der Waals surface area contributed by atoms with Crippen LogP contribution in [-0.2, 0) is 44.8 Å². The van der Waals surface area contributed by atoms with Crippen LogP contribution in [0, 0.1) is 0 Å². The van der Waals surface area contributed by atoms with Crippen LogP contribution in [0.2, 0.25) is 0 Å². The molecule has 5 rings (SSSR count). The maximum Gasteiger partial charge on any atom is 0.408 e. The number of hydrogen-bond acceptors (Lipinski definition) is 16. The van der Waals surface area contributed by atoms with Gasteiger partial charge in [0, 0.05) is 30.8 Å². The van der Waals surface area contributed by atoms with E-state index in [-0.39, 0.29) is 31.0 Å². The maximum atomic E-state index is 13.0. The first kappa shape index (κ1) is 44.3. The highest BCUT2D eigenvalue weighted by atomic mass is 16.6. The number of hydrogen-bond donors (Lipinski definition) is 10. The minimum atomic E-state index is -1.61. The summed E-state index contributed by atoms with van der Waals surface area (Å²) in [7, 11) is 0. The molecule has 1 aromatic carbocycles. The van der Waals surface area contributed by atoms with Gasteiger partial charge in [-0.25, -0.2) is 19.7 Å². The van der Waals surface area contributed by atoms with Crippen molar-refractivity contribution in [3.63, 3.8) is 0 Å². The van der Waals surface area contributed by atoms with Crippen LogP contribution in [0.1, 0.15) is 32.8 Å². The molecule has 0 radical (unpaired) electrons. The average molecular weight is 836 g/mol. The molecule has 23 nitrogen and oxygen atoms in total. The molecule has 23 heteroatoms. The number of rotatable bonds is 17. The van der Waals surface area contributed by atoms with Crippen LogP contribution in [0.15, 0.2) is 61.2 Å². The topological polar surface area (TPSA) is 329 Å². The number of anilines is 2. The second-order valence-corrected chi connectivity index (χ2v) is 13.9. The first-order valence-corrected chi connectivity index (χ1v) is 18.5. The van der Waals surface area contributed by atoms with Crippen LogP contribution in [0.25, 0.3) is 11.2 Å². The van der Waals surface area contributed by atoms with Crippen LogP contribution >= 0.6 is 0 Å². The van der Waals surface area contributed by atoms with Crippen LogP contribution < -0.4 is 31.9 Å². The molecule has 4 heterocycles. The molecule has 0 bridgehead atoms. The van der Waals surface area contributed by atoms with Crippen molar-refractivity contribution in [3.05, 3.63) is 66.8 Å². The number of aromatic amines is 1. The third kappa shape index (κ3) is 11.0. The zero-order valence-corrected chi connectivity index (χ0v) is 32.6. The highest BCUT2D eigenvalue weighted by Crippen LogP contribution is 2.25. The SMILES string of the molecule is C=C(C)[C@H](NC(=O)CCN1C(=O)C=CC1=O)C(=O)N[C@@H](C)C(=O)Nc1ccc(COC(=O)N[C@H](C)C(=O)N[C@@H]2[C@@H](O)[C@H](O)[C@@H](Nc3ncnc4nc[nH]c34)O[C@H]2CO)cc1. The fraction of sp³-hybridized carbons (Fsp3) is 0.405. The number of benzene rings is 1. The standard InChI is InChI=1S/C37H45N11O12/c1-17(2)26(45-23(50)11-12-48-24(51)9-10-25(48)52)35(57)42-18(3)33(55)44-21-7-5-20(6-8-21)14-59-37(58)43-19(4)34(56)46-27-22(13-49)60-36(30(54)29(27)53)47-32-28-31(39-15-38-28)40-16-41-32/h5-10,15-16,18-19,22,26-27,29-30,36,49,53-54H,1,11-14H2,2-4H3,(H,42,57)(H,43,58)(H,44,55)(H,45,50)(H,46,56)(H2,38,39,40,41,47)/t18-,19+,22-,26-,27-,29+,30-,36-/m0/s1. The Hall–Kier alpha value is -6.82. The number of alkyl carbamates (subject to hydrolysis) is 1. The van der Waals surface area contributed by atoms with Crippen molar-refractivity contribution in [2.75, 3.05) is 23.8 Å². The van der Waals surface area contributed by atoms with Crippen LogP contribution in [0.4, 0.5) is 16.3 Å². The highest BCUT2D eigenvalue weighted by molar-refractivity contribution is 6.13. The van der Waals surface area contributed by atoms with Gasteiger partial charge in [-0.2, -0.15) is 0 Å². The first-order valence-electron chi connectivity index (χ1n) is 18.5. The summed E-state index contributed by atoms with van der Waals surface area (Å²) in [4.78, 5) is 103. The van der Waals surface area contributed by atoms with Gasteiger partial charge in [0.1, 0.15) is 54.9 Å². The average Bonchev–Trinajstić information content (AvgIpc) is 3.84. The zero-order chi connectivity index (χ0) is 43.7. The molecule has 320 valence electrons. The van der Waals surface area contributed by atoms with Gasteiger partial charge in [0.15, 0.2) is 17.7 Å². The molecule has 7 amide bonds. The van der Waals surface area contributed by atoms with E-state index in [1.807, 2.05) is 0 Å². The van der Waals surface area contributed by atoms with E-state index in [1.165, 1.54) is 45.6 Å². The van der Waals surface area contributed by atoms with Crippen molar-refractivity contribution in [1.29, 1.82) is 0 Å². The molecule has 0 aliphatic carbocycles. The normalized spacial score (nSPS) is 21.4. The largest absolute Gasteiger partial charge is 0.445 e. The molecule has 2 aliphatic heterocycles. The molecule has 1 fully saturated rings. The number of ether oxygens (including phenoxy) is 2. The molecule has 0 unspecified atom stereocenters. The summed E-state index contributed by atoms with van der Waals surface area (Å²) < 4.78 is 11.0. The minimum Gasteiger partial charge on any atom is -0.445 e. The molecule has 0 spiro atoms. The van der Waals surface area contributed by atoms with E-state index < -0.39 is 96.9 Å². The third-order valence-electron chi connectivity index (χ3n) is 9.34. The Morgan fingerprint density at radius 1 is 0.933 bits per heavy atom. The summed E-state index contributed by atoms with van der Waals surface area (Å²) in [6.45, 7) is 6.96. The number of imidazole rings is 1. The lowest BCUT2D eigenvalue weighted by molar-refractivity contribution is -0.185. The number of nitrogens with one attached hydrogen (secondary N) is 7. The molecule has 1 saturated heterocycles. The summed E-state index contributed by atoms with van der Waals surface area (Å²) in [5.74, 6) is -3.57. The van der Waals surface area contributed by atoms with E-state index in [0.29, 0.717) is 22.4 Å². The number of imide groups is 1. The lowest BCUT2D eigenvalue weighted by Crippen LogP contribution is -2.67. The predicted molar refractivity (Wildman–Crippen MR) is 208 cm³/mol. The number of nitrogens with zero attached hydrogens (tertiary/aromatic N) is 4. The quantitative estimate of drug-likeness (QED) is 0.0511. The van der Waals surface area contributed by atoms with Gasteiger partial charge in [0.05, 0.1) is 19.0 Å². The first-order chi connectivity index (χ1) is 28.6. The third-order valence-corrected chi connectivity index (χ3v) is 9.34. The molecule has 8 atom stereocenters. The predicted octanol–water partition coefficient (Wildman–Crippen LogP) is -2.18. The minimum absolute atomic E-state index is 0.177. The van der Waals surface area contributed by atoms with Gasteiger partial charge in [-0.3, -0.25) is 33.7 Å². The Labute approximate surface area is 341 Å². The Bertz CT molecular complexity index is 2120. The summed E-state index contributed by atoms with van der Waals surface area (Å²) in [6, 6.07) is 1.45. The molecule has 0 saturated carbocycles. The Morgan fingerprint density at radius 2 is 1.62 bits per heavy atom. The number of amides is 7. The summed E-state index contributed by atoms with van der Waals surface area (Å²) in [6.07, 6.45) is -2.02. The number of carbonyl (C=O) groups excluding carboxylic acids is 7. The van der Waals surface area contributed by atoms with Crippen molar-refractivity contribution in [2.24, 2.45) is 0 Å². The highest BCUT2D eigenvalue weighted by Gasteiger charge is 2.45. The summed E-state index contributed by atoms with van der Waals surface area (Å²) in [5.41, 5.74) is 1.88. The van der Waals surface area contributed by atoms with E-state index in [9.17, 15) is 48.9 Å². The number of aliphatic hydroxyl groups excluding tert-OH is 3. The summed E-state index contributed by atoms with van der Waals surface area (Å²) in [5, 5.41) is 47.0. The van der Waals surface area contributed by atoms with E-state index in [0.717, 1.165) is 17.1 Å². The van der Waals surface area contributed by atoms with E-state index >= 15 is 0 Å². The molecule has 60 heavy (non-hydrogen) atoms. The lowest BCUT2D eigenvalue weighted by Gasteiger charge is -2.43. The number of aromatic nitrogens is 4. The Balaban J connectivity index is 1.03. The number of carbonyl (C=O) groups is 7. The molecule has 3 aromatic rings. The van der Waals surface area contributed by atoms with Crippen LogP contribution in [0.3, 0.4) is 0 Å². The van der Waals surface area contributed by atoms with E-state index in [1.54, 1.807) is 12.1 Å². The maximum absolute atomic E-state index is 13.0. The second-order valence-electron chi connectivity index (χ2n) is 13.9. The van der Waals surface area contributed by atoms with Crippen LogP contribution in [-0.4, -0.2) is 144 Å². The lowest BCUT2D eigenvalue weighted by atomic mass is 9.95. The van der Waals surface area contributed by atoms with Gasteiger partial charge >= 0.3 is 6.09 Å². The van der Waals surface area contributed by atoms with Crippen LogP contribution in [0.5, 0.6) is 0 Å². The zero-order valence-electron chi connectivity index (χ0n) is 32.6. The van der Waals surface area contributed by atoms with Crippen molar-refractivity contribution < 1.29 is 58.4 Å². The molecule has 2 aliphatic rings. The van der Waals surface area contributed by atoms with Gasteiger partial charge in [-0.1, -0.05) is 18.7 Å². The van der Waals surface area contributed by atoms with Gasteiger partial charge in [-0.05, 0) is 44.0 Å². The van der Waals surface area contributed by atoms with Gasteiger partial charge < -0.3 is 61.7 Å². The van der Waals surface area contributed by atoms with E-state index in [4.69, 9.17) is 9.47 Å². The van der Waals surface area contributed by atoms with E-state index in [2.05, 4.69) is 58.4 Å². The van der Waals surface area contributed by atoms with Crippen molar-refractivity contribution in [2.45, 2.75) is 82.5 Å². The smallest absolute Gasteiger partial charge is 0.408 e. The van der Waals surface area contributed by atoms with Gasteiger partial charge in [0.25, 0.3) is 11.8 Å². The number of aliphatic hydroxyl groups is 3. The summed E-state index contributed by atoms with van der Waals surface area (Å²) >= 11 is 0. The monoisotopic (exact) mass is 835 g/mol. The number of H-pyrrole nitrogens is 1. The number of fused-ring (bicyclic) bond motifs is 1. The Kier molecular flexibility index (Phi) is 14.6. The van der Waals surface area contributed by atoms with Crippen molar-refractivity contribution >= 4 is 64.2 Å². The molecular weight excluding hydrogens is 790 g/mol. The fourth-order valence-electron chi connectivity index (χ4n) is 5.96.